The van der Waals surface area contributed by atoms with Crippen LogP contribution in [0.1, 0.15) is 58.8 Å². The molecule has 0 radical (unpaired) electrons. The zero-order valence-electron chi connectivity index (χ0n) is 12.6. The molecule has 0 saturated carbocycles. The third-order valence-electron chi connectivity index (χ3n) is 3.83. The Bertz CT molecular complexity index is 322. The van der Waals surface area contributed by atoms with Crippen molar-refractivity contribution in [2.75, 3.05) is 13.2 Å². The highest BCUT2D eigenvalue weighted by Crippen LogP contribution is 2.26. The van der Waals surface area contributed by atoms with Gasteiger partial charge in [-0.2, -0.15) is 0 Å². The summed E-state index contributed by atoms with van der Waals surface area (Å²) in [6.45, 7) is 5.43. The van der Waals surface area contributed by atoms with Crippen molar-refractivity contribution in [1.82, 2.24) is 5.32 Å². The molecule has 0 aliphatic carbocycles. The maximum absolute atomic E-state index is 11.8. The van der Waals surface area contributed by atoms with Gasteiger partial charge in [-0.05, 0) is 37.5 Å². The highest BCUT2D eigenvalue weighted by Gasteiger charge is 2.20. The Balaban J connectivity index is 2.15. The standard InChI is InChI=1S/C15H27NO4/c1-15(2,7-6-14(18)19)8-9-16-13(17)11-12-5-3-4-10-20-12/h12H,3-11H2,1-2H3,(H,16,17)(H,18,19). The fraction of sp³-hybridized carbons (Fsp3) is 0.867. The summed E-state index contributed by atoms with van der Waals surface area (Å²) in [5.41, 5.74) is -0.0625. The number of carbonyl (C=O) groups excluding carboxylic acids is 1. The van der Waals surface area contributed by atoms with Gasteiger partial charge in [0.25, 0.3) is 0 Å². The first-order chi connectivity index (χ1) is 9.39. The van der Waals surface area contributed by atoms with Gasteiger partial charge in [0.05, 0.1) is 12.5 Å². The van der Waals surface area contributed by atoms with Gasteiger partial charge in [0.15, 0.2) is 0 Å². The second-order valence-electron chi connectivity index (χ2n) is 6.35. The predicted molar refractivity (Wildman–Crippen MR) is 76.5 cm³/mol. The van der Waals surface area contributed by atoms with E-state index in [0.717, 1.165) is 32.3 Å². The van der Waals surface area contributed by atoms with Crippen LogP contribution in [0.3, 0.4) is 0 Å². The van der Waals surface area contributed by atoms with Gasteiger partial charge < -0.3 is 15.2 Å². The molecule has 1 atom stereocenters. The molecule has 1 aliphatic rings. The Morgan fingerprint density at radius 2 is 2.05 bits per heavy atom. The van der Waals surface area contributed by atoms with Crippen LogP contribution in [0.25, 0.3) is 0 Å². The minimum atomic E-state index is -0.767. The summed E-state index contributed by atoms with van der Waals surface area (Å²) in [7, 11) is 0. The van der Waals surface area contributed by atoms with Gasteiger partial charge in [-0.25, -0.2) is 0 Å². The first-order valence-corrected chi connectivity index (χ1v) is 7.49. The molecule has 1 unspecified atom stereocenters. The lowest BCUT2D eigenvalue weighted by molar-refractivity contribution is -0.137. The number of carboxylic acids is 1. The van der Waals surface area contributed by atoms with Crippen LogP contribution in [0.5, 0.6) is 0 Å². The normalized spacial score (nSPS) is 19.6. The summed E-state index contributed by atoms with van der Waals surface area (Å²) < 4.78 is 5.53. The molecule has 2 N–H and O–H groups in total. The number of carbonyl (C=O) groups is 2. The van der Waals surface area contributed by atoms with Gasteiger partial charge in [-0.3, -0.25) is 9.59 Å². The van der Waals surface area contributed by atoms with E-state index in [1.807, 2.05) is 13.8 Å². The Morgan fingerprint density at radius 3 is 2.65 bits per heavy atom. The molecule has 116 valence electrons. The SMILES string of the molecule is CC(C)(CCNC(=O)CC1CCCCO1)CCC(=O)O. The molecule has 0 aromatic rings. The number of hydrogen-bond acceptors (Lipinski definition) is 3. The van der Waals surface area contributed by atoms with Crippen molar-refractivity contribution in [2.24, 2.45) is 5.41 Å². The summed E-state index contributed by atoms with van der Waals surface area (Å²) in [5, 5.41) is 11.6. The average molecular weight is 285 g/mol. The van der Waals surface area contributed by atoms with E-state index in [4.69, 9.17) is 9.84 Å². The second kappa shape index (κ2) is 8.25. The average Bonchev–Trinajstić information content (AvgIpc) is 2.37. The van der Waals surface area contributed by atoms with E-state index >= 15 is 0 Å². The summed E-state index contributed by atoms with van der Waals surface area (Å²) >= 11 is 0. The van der Waals surface area contributed by atoms with Gasteiger partial charge in [-0.15, -0.1) is 0 Å². The van der Waals surface area contributed by atoms with Gasteiger partial charge in [0.2, 0.25) is 5.91 Å². The Hall–Kier alpha value is -1.10. The Kier molecular flexibility index (Phi) is 6.99. The molecule has 0 aromatic carbocycles. The van der Waals surface area contributed by atoms with Crippen molar-refractivity contribution >= 4 is 11.9 Å². The first kappa shape index (κ1) is 17.0. The van der Waals surface area contributed by atoms with Crippen molar-refractivity contribution < 1.29 is 19.4 Å². The molecule has 0 spiro atoms. The molecule has 1 rings (SSSR count). The molecule has 1 amide bonds. The summed E-state index contributed by atoms with van der Waals surface area (Å²) in [5.74, 6) is -0.734. The molecule has 0 aromatic heterocycles. The monoisotopic (exact) mass is 285 g/mol. The number of nitrogens with one attached hydrogen (secondary N) is 1. The highest BCUT2D eigenvalue weighted by atomic mass is 16.5. The van der Waals surface area contributed by atoms with Crippen molar-refractivity contribution in [2.45, 2.75) is 64.9 Å². The van der Waals surface area contributed by atoms with E-state index in [1.165, 1.54) is 0 Å². The number of hydrogen-bond donors (Lipinski definition) is 2. The molecule has 5 heteroatoms. The summed E-state index contributed by atoms with van der Waals surface area (Å²) in [4.78, 5) is 22.3. The Labute approximate surface area is 121 Å². The second-order valence-corrected chi connectivity index (χ2v) is 6.35. The van der Waals surface area contributed by atoms with E-state index in [1.54, 1.807) is 0 Å². The van der Waals surface area contributed by atoms with E-state index in [0.29, 0.717) is 19.4 Å². The van der Waals surface area contributed by atoms with Crippen LogP contribution in [-0.4, -0.2) is 36.2 Å². The molecule has 5 nitrogen and oxygen atoms in total. The van der Waals surface area contributed by atoms with Crippen LogP contribution in [0.15, 0.2) is 0 Å². The summed E-state index contributed by atoms with van der Waals surface area (Å²) in [6, 6.07) is 0. The van der Waals surface area contributed by atoms with Gasteiger partial charge in [-0.1, -0.05) is 13.8 Å². The number of aliphatic carboxylic acids is 1. The molecule has 20 heavy (non-hydrogen) atoms. The molecule has 1 fully saturated rings. The van der Waals surface area contributed by atoms with E-state index < -0.39 is 5.97 Å². The fourth-order valence-corrected chi connectivity index (χ4v) is 2.36. The fourth-order valence-electron chi connectivity index (χ4n) is 2.36. The van der Waals surface area contributed by atoms with Gasteiger partial charge in [0.1, 0.15) is 0 Å². The highest BCUT2D eigenvalue weighted by molar-refractivity contribution is 5.76. The molecular weight excluding hydrogens is 258 g/mol. The van der Waals surface area contributed by atoms with Crippen LogP contribution in [0, 0.1) is 5.41 Å². The van der Waals surface area contributed by atoms with Gasteiger partial charge >= 0.3 is 5.97 Å². The lowest BCUT2D eigenvalue weighted by Crippen LogP contribution is -2.32. The van der Waals surface area contributed by atoms with Crippen molar-refractivity contribution in [3.8, 4) is 0 Å². The van der Waals surface area contributed by atoms with Crippen molar-refractivity contribution in [1.29, 1.82) is 0 Å². The third-order valence-corrected chi connectivity index (χ3v) is 3.83. The number of amides is 1. The maximum Gasteiger partial charge on any atom is 0.303 e. The zero-order valence-corrected chi connectivity index (χ0v) is 12.6. The van der Waals surface area contributed by atoms with E-state index in [-0.39, 0.29) is 23.8 Å². The van der Waals surface area contributed by atoms with Crippen LogP contribution in [0.2, 0.25) is 0 Å². The molecule has 1 saturated heterocycles. The third kappa shape index (κ3) is 7.48. The molecule has 1 heterocycles. The maximum atomic E-state index is 11.8. The van der Waals surface area contributed by atoms with Crippen molar-refractivity contribution in [3.63, 3.8) is 0 Å². The summed E-state index contributed by atoms with van der Waals surface area (Å²) in [6.07, 6.45) is 5.31. The number of rotatable bonds is 8. The minimum absolute atomic E-state index is 0.0333. The van der Waals surface area contributed by atoms with E-state index in [2.05, 4.69) is 5.32 Å². The first-order valence-electron chi connectivity index (χ1n) is 7.49. The zero-order chi connectivity index (χ0) is 15.0. The smallest absolute Gasteiger partial charge is 0.303 e. The van der Waals surface area contributed by atoms with Crippen molar-refractivity contribution in [3.05, 3.63) is 0 Å². The largest absolute Gasteiger partial charge is 0.481 e. The quantitative estimate of drug-likeness (QED) is 0.717. The predicted octanol–water partition coefficient (Wildman–Crippen LogP) is 2.34. The van der Waals surface area contributed by atoms with Crippen LogP contribution >= 0.6 is 0 Å². The van der Waals surface area contributed by atoms with Crippen LogP contribution < -0.4 is 5.32 Å². The van der Waals surface area contributed by atoms with Crippen LogP contribution in [-0.2, 0) is 14.3 Å². The lowest BCUT2D eigenvalue weighted by Gasteiger charge is -2.25. The lowest BCUT2D eigenvalue weighted by atomic mass is 9.84. The van der Waals surface area contributed by atoms with Crippen LogP contribution in [0.4, 0.5) is 0 Å². The number of ether oxygens (including phenoxy) is 1. The minimum Gasteiger partial charge on any atom is -0.481 e. The Morgan fingerprint density at radius 1 is 1.30 bits per heavy atom. The topological polar surface area (TPSA) is 75.6 Å². The van der Waals surface area contributed by atoms with Gasteiger partial charge in [0, 0.05) is 19.6 Å². The van der Waals surface area contributed by atoms with E-state index in [9.17, 15) is 9.59 Å². The number of carboxylic acid groups (broad SMARTS) is 1. The molecule has 0 bridgehead atoms. The molecule has 1 aliphatic heterocycles. The molecular formula is C15H27NO4.